The van der Waals surface area contributed by atoms with E-state index in [-0.39, 0.29) is 16.9 Å². The third kappa shape index (κ3) is 3.25. The molecule has 1 heterocycles. The zero-order valence-corrected chi connectivity index (χ0v) is 15.7. The van der Waals surface area contributed by atoms with Crippen LogP contribution in [0.15, 0.2) is 35.7 Å². The molecule has 0 atom stereocenters. The molecule has 128 valence electrons. The van der Waals surface area contributed by atoms with Crippen molar-refractivity contribution in [1.29, 1.82) is 0 Å². The first-order valence-electron chi connectivity index (χ1n) is 8.66. The Balaban J connectivity index is 1.75. The summed E-state index contributed by atoms with van der Waals surface area (Å²) in [6.07, 6.45) is 3.15. The molecule has 2 aromatic rings. The zero-order chi connectivity index (χ0) is 17.4. The topological polar surface area (TPSA) is 42.0 Å². The van der Waals surface area contributed by atoms with E-state index >= 15 is 0 Å². The van der Waals surface area contributed by atoms with Gasteiger partial charge in [-0.25, -0.2) is 4.98 Å². The summed E-state index contributed by atoms with van der Waals surface area (Å²) in [7, 11) is 0. The first-order valence-corrected chi connectivity index (χ1v) is 9.54. The first-order chi connectivity index (χ1) is 11.3. The number of benzene rings is 1. The molecule has 3 nitrogen and oxygen atoms in total. The number of amides is 1. The van der Waals surface area contributed by atoms with Crippen molar-refractivity contribution in [3.63, 3.8) is 0 Å². The summed E-state index contributed by atoms with van der Waals surface area (Å²) in [6.45, 7) is 8.60. The molecule has 0 bridgehead atoms. The normalized spacial score (nSPS) is 16.2. The second kappa shape index (κ2) is 6.32. The molecular weight excluding hydrogens is 316 g/mol. The van der Waals surface area contributed by atoms with E-state index in [1.807, 2.05) is 11.4 Å². The summed E-state index contributed by atoms with van der Waals surface area (Å²) in [4.78, 5) is 17.2. The number of carbonyl (C=O) groups excluding carboxylic acids is 1. The Hall–Kier alpha value is -1.68. The van der Waals surface area contributed by atoms with Gasteiger partial charge in [-0.05, 0) is 38.2 Å². The van der Waals surface area contributed by atoms with Crippen molar-refractivity contribution in [2.45, 2.75) is 57.9 Å². The fraction of sp³-hybridized carbons (Fsp3) is 0.500. The van der Waals surface area contributed by atoms with E-state index in [0.29, 0.717) is 11.6 Å². The lowest BCUT2D eigenvalue weighted by Crippen LogP contribution is -2.52. The summed E-state index contributed by atoms with van der Waals surface area (Å²) in [5.41, 5.74) is 1.61. The third-order valence-corrected chi connectivity index (χ3v) is 5.94. The average Bonchev–Trinajstić information content (AvgIpc) is 3.23. The maximum absolute atomic E-state index is 12.7. The summed E-state index contributed by atoms with van der Waals surface area (Å²) >= 11 is 1.58. The molecule has 1 saturated carbocycles. The molecule has 0 radical (unpaired) electrons. The Bertz CT molecular complexity index is 714. The summed E-state index contributed by atoms with van der Waals surface area (Å²) in [5.74, 6) is 0.491. The van der Waals surface area contributed by atoms with Gasteiger partial charge in [0.1, 0.15) is 5.69 Å². The number of hydrogen-bond acceptors (Lipinski definition) is 3. The molecule has 0 spiro atoms. The van der Waals surface area contributed by atoms with Gasteiger partial charge in [0.2, 0.25) is 0 Å². The Morgan fingerprint density at radius 2 is 1.96 bits per heavy atom. The fourth-order valence-electron chi connectivity index (χ4n) is 3.48. The highest BCUT2D eigenvalue weighted by molar-refractivity contribution is 7.09. The van der Waals surface area contributed by atoms with Gasteiger partial charge in [0, 0.05) is 22.8 Å². The van der Waals surface area contributed by atoms with Crippen LogP contribution in [0.1, 0.15) is 61.6 Å². The average molecular weight is 343 g/mol. The Morgan fingerprint density at radius 1 is 1.29 bits per heavy atom. The van der Waals surface area contributed by atoms with Crippen molar-refractivity contribution in [1.82, 2.24) is 10.3 Å². The van der Waals surface area contributed by atoms with Crippen molar-refractivity contribution in [3.8, 4) is 0 Å². The van der Waals surface area contributed by atoms with Crippen molar-refractivity contribution in [2.75, 3.05) is 0 Å². The molecule has 24 heavy (non-hydrogen) atoms. The fourth-order valence-corrected chi connectivity index (χ4v) is 4.47. The van der Waals surface area contributed by atoms with Gasteiger partial charge in [-0.3, -0.25) is 4.79 Å². The van der Waals surface area contributed by atoms with Gasteiger partial charge in [-0.1, -0.05) is 44.2 Å². The van der Waals surface area contributed by atoms with Gasteiger partial charge in [-0.15, -0.1) is 11.3 Å². The van der Waals surface area contributed by atoms with E-state index in [2.05, 4.69) is 62.3 Å². The minimum absolute atomic E-state index is 0.0424. The molecule has 1 fully saturated rings. The molecule has 1 aliphatic carbocycles. The number of hydrogen-bond donors (Lipinski definition) is 1. The smallest absolute Gasteiger partial charge is 0.271 e. The number of nitrogens with one attached hydrogen (secondary N) is 1. The van der Waals surface area contributed by atoms with Gasteiger partial charge >= 0.3 is 0 Å². The monoisotopic (exact) mass is 342 g/mol. The van der Waals surface area contributed by atoms with E-state index < -0.39 is 0 Å². The van der Waals surface area contributed by atoms with Gasteiger partial charge in [0.05, 0.1) is 5.01 Å². The maximum atomic E-state index is 12.7. The van der Waals surface area contributed by atoms with E-state index in [4.69, 9.17) is 0 Å². The van der Waals surface area contributed by atoms with Gasteiger partial charge in [-0.2, -0.15) is 0 Å². The lowest BCUT2D eigenvalue weighted by atomic mass is 9.78. The zero-order valence-electron chi connectivity index (χ0n) is 14.9. The van der Waals surface area contributed by atoms with Crippen LogP contribution in [0.4, 0.5) is 0 Å². The van der Waals surface area contributed by atoms with E-state index in [1.54, 1.807) is 11.3 Å². The predicted octanol–water partition coefficient (Wildman–Crippen LogP) is 4.58. The first kappa shape index (κ1) is 17.2. The molecular formula is C20H26N2OS. The Labute approximate surface area is 148 Å². The lowest BCUT2D eigenvalue weighted by Gasteiger charge is -2.36. The van der Waals surface area contributed by atoms with Crippen molar-refractivity contribution >= 4 is 17.2 Å². The number of aromatic nitrogens is 1. The largest absolute Gasteiger partial charge is 0.345 e. The molecule has 4 heteroatoms. The molecule has 1 amide bonds. The molecule has 1 N–H and O–H groups in total. The van der Waals surface area contributed by atoms with Crippen molar-refractivity contribution < 1.29 is 4.79 Å². The second-order valence-electron chi connectivity index (χ2n) is 7.75. The Kier molecular flexibility index (Phi) is 4.52. The van der Waals surface area contributed by atoms with Crippen LogP contribution < -0.4 is 5.32 Å². The molecule has 0 unspecified atom stereocenters. The SMILES string of the molecule is CC(C)Cc1nc(C(=O)NC(C)(C)C2(c3ccccc3)CC2)cs1. The predicted molar refractivity (Wildman–Crippen MR) is 99.6 cm³/mol. The van der Waals surface area contributed by atoms with Crippen LogP contribution in [0.5, 0.6) is 0 Å². The van der Waals surface area contributed by atoms with Gasteiger partial charge < -0.3 is 5.32 Å². The Morgan fingerprint density at radius 3 is 2.54 bits per heavy atom. The van der Waals surface area contributed by atoms with Crippen LogP contribution in [-0.4, -0.2) is 16.4 Å². The number of rotatable bonds is 6. The van der Waals surface area contributed by atoms with Crippen molar-refractivity contribution in [3.05, 3.63) is 52.0 Å². The molecule has 0 saturated heterocycles. The highest BCUT2D eigenvalue weighted by Gasteiger charge is 2.56. The van der Waals surface area contributed by atoms with E-state index in [1.165, 1.54) is 5.56 Å². The highest BCUT2D eigenvalue weighted by atomic mass is 32.1. The van der Waals surface area contributed by atoms with Crippen LogP contribution in [0.2, 0.25) is 0 Å². The van der Waals surface area contributed by atoms with Crippen LogP contribution in [-0.2, 0) is 11.8 Å². The molecule has 1 aromatic carbocycles. The molecule has 0 aliphatic heterocycles. The summed E-state index contributed by atoms with van der Waals surface area (Å²) in [5, 5.41) is 6.16. The van der Waals surface area contributed by atoms with Crippen LogP contribution in [0, 0.1) is 5.92 Å². The minimum atomic E-state index is -0.298. The number of carbonyl (C=O) groups is 1. The molecule has 1 aliphatic rings. The van der Waals surface area contributed by atoms with Gasteiger partial charge in [0.15, 0.2) is 0 Å². The van der Waals surface area contributed by atoms with E-state index in [0.717, 1.165) is 24.3 Å². The number of nitrogens with zero attached hydrogens (tertiary/aromatic N) is 1. The van der Waals surface area contributed by atoms with Gasteiger partial charge in [0.25, 0.3) is 5.91 Å². The number of thiazole rings is 1. The molecule has 1 aromatic heterocycles. The lowest BCUT2D eigenvalue weighted by molar-refractivity contribution is 0.0889. The summed E-state index contributed by atoms with van der Waals surface area (Å²) in [6, 6.07) is 10.5. The second-order valence-corrected chi connectivity index (χ2v) is 8.69. The van der Waals surface area contributed by atoms with Crippen molar-refractivity contribution in [2.24, 2.45) is 5.92 Å². The van der Waals surface area contributed by atoms with Crippen LogP contribution in [0.25, 0.3) is 0 Å². The van der Waals surface area contributed by atoms with Crippen LogP contribution in [0.3, 0.4) is 0 Å². The third-order valence-electron chi connectivity index (χ3n) is 5.07. The summed E-state index contributed by atoms with van der Waals surface area (Å²) < 4.78 is 0. The quantitative estimate of drug-likeness (QED) is 0.835. The maximum Gasteiger partial charge on any atom is 0.271 e. The minimum Gasteiger partial charge on any atom is -0.345 e. The van der Waals surface area contributed by atoms with E-state index in [9.17, 15) is 4.79 Å². The molecule has 3 rings (SSSR count). The highest BCUT2D eigenvalue weighted by Crippen LogP contribution is 2.55. The van der Waals surface area contributed by atoms with Crippen LogP contribution >= 0.6 is 11.3 Å². The standard InChI is InChI=1S/C20H26N2OS/c1-14(2)12-17-21-16(13-24-17)18(23)22-19(3,4)20(10-11-20)15-8-6-5-7-9-15/h5-9,13-14H,10-12H2,1-4H3,(H,22,23).